The second-order valence-corrected chi connectivity index (χ2v) is 7.59. The first-order valence-corrected chi connectivity index (χ1v) is 10.2. The number of ether oxygens (including phenoxy) is 1. The molecule has 1 fully saturated rings. The molecule has 3 rings (SSSR count). The van der Waals surface area contributed by atoms with E-state index < -0.39 is 11.2 Å². The molecule has 0 saturated carbocycles. The number of esters is 1. The van der Waals surface area contributed by atoms with Gasteiger partial charge in [0.2, 0.25) is 11.8 Å². The second-order valence-electron chi connectivity index (χ2n) is 6.35. The van der Waals surface area contributed by atoms with E-state index in [9.17, 15) is 14.4 Å². The number of hydrogen-bond donors (Lipinski definition) is 0. The molecule has 148 valence electrons. The van der Waals surface area contributed by atoms with Gasteiger partial charge < -0.3 is 6.16 Å². The first kappa shape index (κ1) is 23.4. The maximum atomic E-state index is 12.8. The Labute approximate surface area is 192 Å². The molecule has 1 heterocycles. The minimum atomic E-state index is -0.567. The van der Waals surface area contributed by atoms with Crippen LogP contribution in [0.2, 0.25) is 0 Å². The maximum Gasteiger partial charge on any atom is 2.00 e. The molecule has 1 aliphatic rings. The van der Waals surface area contributed by atoms with Crippen molar-refractivity contribution in [1.82, 2.24) is 0 Å². The summed E-state index contributed by atoms with van der Waals surface area (Å²) in [5.74, 6) is -0.932. The number of rotatable bonds is 7. The quantitative estimate of drug-likeness (QED) is 0.288. The van der Waals surface area contributed by atoms with Crippen LogP contribution in [0.1, 0.15) is 44.9 Å². The summed E-state index contributed by atoms with van der Waals surface area (Å²) in [5.41, 5.74) is 0.976. The molecule has 0 N–H and O–H groups in total. The molecule has 2 aromatic rings. The number of imide groups is 1. The summed E-state index contributed by atoms with van der Waals surface area (Å²) in [6.45, 7) is 3.88. The predicted molar refractivity (Wildman–Crippen MR) is 116 cm³/mol. The maximum absolute atomic E-state index is 12.8. The third kappa shape index (κ3) is 5.41. The minimum absolute atomic E-state index is 0. The molecule has 7 heteroatoms. The zero-order chi connectivity index (χ0) is 20.1. The monoisotopic (exact) mass is 421 g/mol. The van der Waals surface area contributed by atoms with Crippen LogP contribution in [-0.4, -0.2) is 46.1 Å². The fraction of sp³-hybridized carbons (Fsp3) is 0.273. The molecular formula is C22H23MgNO4S. The summed E-state index contributed by atoms with van der Waals surface area (Å²) in [5, 5.41) is -0.567. The molecule has 0 radical (unpaired) electrons. The van der Waals surface area contributed by atoms with Crippen LogP contribution >= 0.6 is 11.8 Å². The van der Waals surface area contributed by atoms with Crippen LogP contribution in [0.3, 0.4) is 0 Å². The molecule has 0 spiro atoms. The summed E-state index contributed by atoms with van der Waals surface area (Å²) in [6.07, 6.45) is 2.15. The van der Waals surface area contributed by atoms with E-state index in [2.05, 4.69) is 0 Å². The third-order valence-electron chi connectivity index (χ3n) is 4.52. The first-order valence-electron chi connectivity index (χ1n) is 9.29. The van der Waals surface area contributed by atoms with Gasteiger partial charge in [0.15, 0.2) is 0 Å². The van der Waals surface area contributed by atoms with Crippen molar-refractivity contribution in [2.24, 2.45) is 0 Å². The number of thioether (sulfide) groups is 1. The van der Waals surface area contributed by atoms with E-state index in [-0.39, 0.29) is 42.7 Å². The van der Waals surface area contributed by atoms with E-state index in [1.807, 2.05) is 19.9 Å². The summed E-state index contributed by atoms with van der Waals surface area (Å²) < 4.78 is 5.48. The van der Waals surface area contributed by atoms with Gasteiger partial charge in [-0.1, -0.05) is 44.2 Å². The zero-order valence-electron chi connectivity index (χ0n) is 17.6. The van der Waals surface area contributed by atoms with Gasteiger partial charge in [-0.3, -0.25) is 9.59 Å². The molecule has 0 bridgehead atoms. The van der Waals surface area contributed by atoms with E-state index in [1.54, 1.807) is 48.5 Å². The Morgan fingerprint density at radius 2 is 1.72 bits per heavy atom. The Kier molecular flexibility index (Phi) is 8.73. The fourth-order valence-corrected chi connectivity index (χ4v) is 4.19. The van der Waals surface area contributed by atoms with Crippen molar-refractivity contribution < 1.29 is 20.5 Å². The van der Waals surface area contributed by atoms with Crippen LogP contribution in [0.15, 0.2) is 59.5 Å². The van der Waals surface area contributed by atoms with Crippen molar-refractivity contribution in [3.05, 3.63) is 66.3 Å². The molecule has 1 atom stereocenters. The SMILES string of the molecule is CC[C-](CC)OC(=O)c1ccccc1SC1CC(=O)N(c2ccccc2)C1=O.[H-].[Mg+2]. The van der Waals surface area contributed by atoms with Crippen LogP contribution in [0, 0.1) is 6.10 Å². The van der Waals surface area contributed by atoms with Crippen molar-refractivity contribution in [2.45, 2.75) is 43.3 Å². The Morgan fingerprint density at radius 1 is 1.10 bits per heavy atom. The van der Waals surface area contributed by atoms with Gasteiger partial charge in [0.1, 0.15) is 0 Å². The molecule has 29 heavy (non-hydrogen) atoms. The molecule has 1 aliphatic heterocycles. The molecular weight excluding hydrogens is 399 g/mol. The Morgan fingerprint density at radius 3 is 2.38 bits per heavy atom. The smallest absolute Gasteiger partial charge is 1.00 e. The average molecular weight is 422 g/mol. The predicted octanol–water partition coefficient (Wildman–Crippen LogP) is 4.35. The number of carbonyl (C=O) groups is 3. The van der Waals surface area contributed by atoms with Crippen molar-refractivity contribution in [2.75, 3.05) is 4.90 Å². The van der Waals surface area contributed by atoms with Gasteiger partial charge in [0.25, 0.3) is 0 Å². The number of amides is 2. The fourth-order valence-electron chi connectivity index (χ4n) is 3.02. The van der Waals surface area contributed by atoms with Crippen molar-refractivity contribution in [1.29, 1.82) is 0 Å². The van der Waals surface area contributed by atoms with E-state index >= 15 is 0 Å². The van der Waals surface area contributed by atoms with Crippen molar-refractivity contribution in [3.63, 3.8) is 0 Å². The van der Waals surface area contributed by atoms with Gasteiger partial charge in [-0.2, -0.15) is 0 Å². The van der Waals surface area contributed by atoms with E-state index in [0.717, 1.165) is 0 Å². The van der Waals surface area contributed by atoms with Crippen molar-refractivity contribution in [3.8, 4) is 0 Å². The van der Waals surface area contributed by atoms with Crippen LogP contribution in [-0.2, 0) is 14.3 Å². The Hall–Kier alpha value is -1.83. The molecule has 0 aliphatic carbocycles. The average Bonchev–Trinajstić information content (AvgIpc) is 3.00. The second kappa shape index (κ2) is 10.8. The topological polar surface area (TPSA) is 63.7 Å². The molecule has 2 aromatic carbocycles. The minimum Gasteiger partial charge on any atom is -1.00 e. The molecule has 0 aromatic heterocycles. The standard InChI is InChI=1S/C22H22NO4S.Mg.H/c1-3-16(4-2)27-22(26)17-12-8-9-13-18(17)28-19-14-20(24)23(21(19)25)15-10-6-5-7-11-15;;/h5-13,19H,3-4,14H2,1-2H3;;/q-1;+2;-1. The number of carbonyl (C=O) groups excluding carboxylic acids is 3. The Balaban J connectivity index is 0.00000225. The number of nitrogens with zero attached hydrogens (tertiary/aromatic N) is 1. The van der Waals surface area contributed by atoms with E-state index in [0.29, 0.717) is 35.1 Å². The summed E-state index contributed by atoms with van der Waals surface area (Å²) >= 11 is 1.24. The normalized spacial score (nSPS) is 16.1. The molecule has 5 nitrogen and oxygen atoms in total. The van der Waals surface area contributed by atoms with Crippen LogP contribution in [0.4, 0.5) is 5.69 Å². The number of hydrogen-bond acceptors (Lipinski definition) is 5. The number of para-hydroxylation sites is 1. The van der Waals surface area contributed by atoms with Crippen LogP contribution < -0.4 is 4.90 Å². The molecule has 1 saturated heterocycles. The van der Waals surface area contributed by atoms with Crippen molar-refractivity contribution >= 4 is 58.3 Å². The summed E-state index contributed by atoms with van der Waals surface area (Å²) in [7, 11) is 0. The van der Waals surface area contributed by atoms with Gasteiger partial charge in [0, 0.05) is 11.3 Å². The third-order valence-corrected chi connectivity index (χ3v) is 5.78. The van der Waals surface area contributed by atoms with Gasteiger partial charge >= 0.3 is 29.0 Å². The zero-order valence-corrected chi connectivity index (χ0v) is 18.8. The van der Waals surface area contributed by atoms with Gasteiger partial charge in [-0.05, 0) is 24.3 Å². The first-order chi connectivity index (χ1) is 13.5. The van der Waals surface area contributed by atoms with Gasteiger partial charge in [0.05, 0.1) is 16.5 Å². The Bertz CT molecular complexity index is 876. The van der Waals surface area contributed by atoms with Crippen LogP contribution in [0.5, 0.6) is 0 Å². The largest absolute Gasteiger partial charge is 2.00 e. The van der Waals surface area contributed by atoms with Gasteiger partial charge in [-0.15, -0.1) is 30.7 Å². The van der Waals surface area contributed by atoms with Gasteiger partial charge in [-0.25, -0.2) is 9.69 Å². The number of benzene rings is 2. The summed E-state index contributed by atoms with van der Waals surface area (Å²) in [6, 6.07) is 15.9. The van der Waals surface area contributed by atoms with E-state index in [1.165, 1.54) is 16.7 Å². The van der Waals surface area contributed by atoms with Crippen LogP contribution in [0.25, 0.3) is 0 Å². The molecule has 2 amide bonds. The number of anilines is 1. The van der Waals surface area contributed by atoms with E-state index in [4.69, 9.17) is 4.74 Å². The molecule has 1 unspecified atom stereocenters. The summed E-state index contributed by atoms with van der Waals surface area (Å²) in [4.78, 5) is 39.7.